The molecule has 0 aromatic carbocycles. The molecule has 1 aliphatic carbocycles. The van der Waals surface area contributed by atoms with E-state index in [1.165, 1.54) is 0 Å². The summed E-state index contributed by atoms with van der Waals surface area (Å²) in [6.07, 6.45) is 5.34. The van der Waals surface area contributed by atoms with Gasteiger partial charge in [-0.1, -0.05) is 30.7 Å². The van der Waals surface area contributed by atoms with Crippen LogP contribution in [0.25, 0.3) is 0 Å². The summed E-state index contributed by atoms with van der Waals surface area (Å²) >= 11 is 5.80. The van der Waals surface area contributed by atoms with Crippen molar-refractivity contribution in [3.63, 3.8) is 0 Å². The fourth-order valence-electron chi connectivity index (χ4n) is 0.903. The second-order valence-electron chi connectivity index (χ2n) is 2.86. The van der Waals surface area contributed by atoms with Gasteiger partial charge in [0.2, 0.25) is 0 Å². The van der Waals surface area contributed by atoms with Gasteiger partial charge < -0.3 is 5.11 Å². The normalized spacial score (nSPS) is 36.0. The maximum absolute atomic E-state index is 9.60. The molecule has 0 saturated carbocycles. The van der Waals surface area contributed by atoms with Crippen molar-refractivity contribution < 1.29 is 22.2 Å². The molecular formula is C8H11ClCuO. The van der Waals surface area contributed by atoms with Gasteiger partial charge in [-0.2, -0.15) is 0 Å². The van der Waals surface area contributed by atoms with E-state index >= 15 is 0 Å². The van der Waals surface area contributed by atoms with Gasteiger partial charge in [-0.3, -0.25) is 0 Å². The van der Waals surface area contributed by atoms with Crippen LogP contribution in [0.3, 0.4) is 0 Å². The van der Waals surface area contributed by atoms with Crippen molar-refractivity contribution in [3.8, 4) is 0 Å². The van der Waals surface area contributed by atoms with E-state index in [1.54, 1.807) is 19.1 Å². The van der Waals surface area contributed by atoms with Crippen LogP contribution in [-0.2, 0) is 17.1 Å². The first-order chi connectivity index (χ1) is 4.54. The van der Waals surface area contributed by atoms with Gasteiger partial charge in [-0.05, 0) is 13.0 Å². The molecule has 0 aliphatic heterocycles. The first-order valence-electron chi connectivity index (χ1n) is 3.31. The van der Waals surface area contributed by atoms with Crippen molar-refractivity contribution in [2.45, 2.75) is 19.4 Å². The molecule has 1 rings (SSSR count). The summed E-state index contributed by atoms with van der Waals surface area (Å²) in [4.78, 5) is 0. The van der Waals surface area contributed by atoms with E-state index < -0.39 is 5.60 Å². The number of allylic oxidation sites excluding steroid dienone is 2. The second kappa shape index (κ2) is 3.77. The van der Waals surface area contributed by atoms with E-state index in [4.69, 9.17) is 11.6 Å². The molecule has 0 aromatic rings. The summed E-state index contributed by atoms with van der Waals surface area (Å²) in [6, 6.07) is 0. The van der Waals surface area contributed by atoms with Crippen LogP contribution in [0.15, 0.2) is 23.3 Å². The Labute approximate surface area is 82.6 Å². The van der Waals surface area contributed by atoms with Crippen molar-refractivity contribution >= 4 is 11.6 Å². The first-order valence-corrected chi connectivity index (χ1v) is 3.69. The Morgan fingerprint density at radius 3 is 2.55 bits per heavy atom. The maximum atomic E-state index is 9.60. The van der Waals surface area contributed by atoms with Gasteiger partial charge in [0, 0.05) is 28.0 Å². The van der Waals surface area contributed by atoms with Gasteiger partial charge in [-0.25, -0.2) is 0 Å². The van der Waals surface area contributed by atoms with Crippen LogP contribution in [-0.4, -0.2) is 10.7 Å². The summed E-state index contributed by atoms with van der Waals surface area (Å²) in [5.41, 5.74) is -0.772. The predicted molar refractivity (Wildman–Crippen MR) is 42.9 cm³/mol. The van der Waals surface area contributed by atoms with Crippen molar-refractivity contribution in [2.24, 2.45) is 5.92 Å². The van der Waals surface area contributed by atoms with Gasteiger partial charge in [0.15, 0.2) is 0 Å². The van der Waals surface area contributed by atoms with Crippen LogP contribution in [0, 0.1) is 5.92 Å². The molecule has 0 spiro atoms. The molecule has 2 unspecified atom stereocenters. The third-order valence-electron chi connectivity index (χ3n) is 1.98. The van der Waals surface area contributed by atoms with E-state index in [0.717, 1.165) is 0 Å². The van der Waals surface area contributed by atoms with Gasteiger partial charge in [-0.15, -0.1) is 0 Å². The number of hydrogen-bond donors (Lipinski definition) is 1. The SMILES string of the molecule is CC1C(Cl)=CC=CC1(C)O.[Cu]. The van der Waals surface area contributed by atoms with Crippen molar-refractivity contribution in [1.82, 2.24) is 0 Å². The second-order valence-corrected chi connectivity index (χ2v) is 3.29. The minimum Gasteiger partial charge on any atom is -0.385 e. The first kappa shape index (κ1) is 11.2. The monoisotopic (exact) mass is 221 g/mol. The third kappa shape index (κ3) is 2.34. The number of hydrogen-bond acceptors (Lipinski definition) is 1. The molecule has 1 radical (unpaired) electrons. The quantitative estimate of drug-likeness (QED) is 0.622. The van der Waals surface area contributed by atoms with Gasteiger partial charge in [0.1, 0.15) is 0 Å². The fraction of sp³-hybridized carbons (Fsp3) is 0.500. The van der Waals surface area contributed by atoms with Crippen LogP contribution in [0.2, 0.25) is 0 Å². The molecule has 0 bridgehead atoms. The molecule has 0 heterocycles. The summed E-state index contributed by atoms with van der Waals surface area (Å²) in [6.45, 7) is 3.66. The van der Waals surface area contributed by atoms with E-state index in [2.05, 4.69) is 0 Å². The molecule has 2 atom stereocenters. The molecule has 1 nitrogen and oxygen atoms in total. The standard InChI is InChI=1S/C8H11ClO.Cu/c1-6-7(9)4-3-5-8(6,2)10;/h3-6,10H,1-2H3;. The largest absolute Gasteiger partial charge is 0.385 e. The van der Waals surface area contributed by atoms with Gasteiger partial charge >= 0.3 is 0 Å². The van der Waals surface area contributed by atoms with Crippen molar-refractivity contribution in [2.75, 3.05) is 0 Å². The number of halogens is 1. The Kier molecular flexibility index (Phi) is 3.86. The van der Waals surface area contributed by atoms with Crippen molar-refractivity contribution in [1.29, 1.82) is 0 Å². The zero-order chi connectivity index (χ0) is 7.78. The zero-order valence-electron chi connectivity index (χ0n) is 6.44. The Bertz CT molecular complexity index is 196. The van der Waals surface area contributed by atoms with E-state index in [9.17, 15) is 5.11 Å². The fourth-order valence-corrected chi connectivity index (χ4v) is 1.20. The molecule has 11 heavy (non-hydrogen) atoms. The molecule has 0 aromatic heterocycles. The van der Waals surface area contributed by atoms with Gasteiger partial charge in [0.25, 0.3) is 0 Å². The minimum atomic E-state index is -0.772. The molecule has 3 heteroatoms. The Hall–Kier alpha value is 0.249. The number of rotatable bonds is 0. The molecule has 0 fully saturated rings. The van der Waals surface area contributed by atoms with Crippen LogP contribution in [0.5, 0.6) is 0 Å². The smallest absolute Gasteiger partial charge is 0.0876 e. The molecule has 67 valence electrons. The molecule has 0 amide bonds. The number of aliphatic hydroxyl groups is 1. The summed E-state index contributed by atoms with van der Waals surface area (Å²) in [7, 11) is 0. The summed E-state index contributed by atoms with van der Waals surface area (Å²) in [5, 5.41) is 10.3. The third-order valence-corrected chi connectivity index (χ3v) is 2.43. The van der Waals surface area contributed by atoms with Crippen LogP contribution in [0.4, 0.5) is 0 Å². The van der Waals surface area contributed by atoms with E-state index in [1.807, 2.05) is 13.0 Å². The summed E-state index contributed by atoms with van der Waals surface area (Å²) < 4.78 is 0. The maximum Gasteiger partial charge on any atom is 0.0876 e. The van der Waals surface area contributed by atoms with Gasteiger partial charge in [0.05, 0.1) is 5.60 Å². The van der Waals surface area contributed by atoms with E-state index in [0.29, 0.717) is 5.03 Å². The van der Waals surface area contributed by atoms with Crippen LogP contribution >= 0.6 is 11.6 Å². The predicted octanol–water partition coefficient (Wildman–Crippen LogP) is 2.06. The Balaban J connectivity index is 0.000001000. The van der Waals surface area contributed by atoms with Crippen LogP contribution in [0.1, 0.15) is 13.8 Å². The zero-order valence-corrected chi connectivity index (χ0v) is 8.13. The molecule has 1 N–H and O–H groups in total. The summed E-state index contributed by atoms with van der Waals surface area (Å²) in [5.74, 6) is 0.0131. The Morgan fingerprint density at radius 1 is 1.64 bits per heavy atom. The average molecular weight is 222 g/mol. The minimum absolute atomic E-state index is 0. The van der Waals surface area contributed by atoms with E-state index in [-0.39, 0.29) is 23.0 Å². The topological polar surface area (TPSA) is 20.2 Å². The molecule has 0 saturated heterocycles. The molecular weight excluding hydrogens is 211 g/mol. The van der Waals surface area contributed by atoms with Crippen molar-refractivity contribution in [3.05, 3.63) is 23.3 Å². The van der Waals surface area contributed by atoms with Crippen LogP contribution < -0.4 is 0 Å². The Morgan fingerprint density at radius 2 is 2.18 bits per heavy atom. The molecule has 1 aliphatic rings. The average Bonchev–Trinajstić information content (AvgIpc) is 1.83.